The molecule has 0 fully saturated rings. The Morgan fingerprint density at radius 3 is 2.53 bits per heavy atom. The summed E-state index contributed by atoms with van der Waals surface area (Å²) in [6.45, 7) is 6.87. The van der Waals surface area contributed by atoms with Gasteiger partial charge in [-0.1, -0.05) is 42.5 Å². The molecular weight excluding hydrogens is 564 g/mol. The number of ether oxygens (including phenoxy) is 3. The summed E-state index contributed by atoms with van der Waals surface area (Å²) >= 11 is 0. The van der Waals surface area contributed by atoms with E-state index in [1.807, 2.05) is 93.7 Å². The number of benzene rings is 3. The largest absolute Gasteiger partial charge is 0.487 e. The molecular formula is C37H36N4O4. The van der Waals surface area contributed by atoms with Crippen molar-refractivity contribution in [2.24, 2.45) is 5.41 Å². The van der Waals surface area contributed by atoms with E-state index in [2.05, 4.69) is 33.8 Å². The molecule has 0 saturated carbocycles. The number of fused-ring (bicyclic) bond motifs is 2. The first-order valence-electron chi connectivity index (χ1n) is 15.1. The molecule has 6 aromatic rings. The summed E-state index contributed by atoms with van der Waals surface area (Å²) in [5.41, 5.74) is 5.93. The number of nitrogens with zero attached hydrogens (tertiary/aromatic N) is 4. The SMILES string of the molecule is CCOC(=O)C(C)(C)Cc1nc2cc(OCc3ccc4ccccc4n3)ccc2n1Cc1cccc(-c2ccc(OC)nc2)c1. The second-order valence-electron chi connectivity index (χ2n) is 11.6. The Morgan fingerprint density at radius 1 is 0.867 bits per heavy atom. The molecule has 0 bridgehead atoms. The number of carbonyl (C=O) groups is 1. The highest BCUT2D eigenvalue weighted by Crippen LogP contribution is 2.30. The van der Waals surface area contributed by atoms with Gasteiger partial charge < -0.3 is 18.8 Å². The molecule has 0 aliphatic heterocycles. The van der Waals surface area contributed by atoms with E-state index in [-0.39, 0.29) is 5.97 Å². The van der Waals surface area contributed by atoms with E-state index in [1.165, 1.54) is 0 Å². The lowest BCUT2D eigenvalue weighted by molar-refractivity contribution is -0.153. The van der Waals surface area contributed by atoms with Gasteiger partial charge in [-0.05, 0) is 68.3 Å². The molecule has 8 heteroatoms. The molecule has 0 aliphatic carbocycles. The maximum atomic E-state index is 12.9. The van der Waals surface area contributed by atoms with Crippen LogP contribution in [0.25, 0.3) is 33.1 Å². The highest BCUT2D eigenvalue weighted by molar-refractivity contribution is 5.80. The summed E-state index contributed by atoms with van der Waals surface area (Å²) in [5, 5.41) is 1.10. The second kappa shape index (κ2) is 12.8. The number of para-hydroxylation sites is 1. The Labute approximate surface area is 262 Å². The van der Waals surface area contributed by atoms with Gasteiger partial charge in [0.25, 0.3) is 0 Å². The van der Waals surface area contributed by atoms with Gasteiger partial charge >= 0.3 is 5.97 Å². The highest BCUT2D eigenvalue weighted by atomic mass is 16.5. The molecule has 228 valence electrons. The van der Waals surface area contributed by atoms with Crippen molar-refractivity contribution in [1.82, 2.24) is 19.5 Å². The smallest absolute Gasteiger partial charge is 0.311 e. The standard InChI is InChI=1S/C37H36N4O4/c1-5-44-36(42)37(2,3)21-34-40-32-20-30(45-24-29-15-13-26-10-6-7-12-31(26)39-29)16-17-33(32)41(34)23-25-9-8-11-27(19-25)28-14-18-35(43-4)38-22-28/h6-20,22H,5,21,23-24H2,1-4H3. The van der Waals surface area contributed by atoms with Crippen molar-refractivity contribution in [3.63, 3.8) is 0 Å². The quantitative estimate of drug-likeness (QED) is 0.143. The van der Waals surface area contributed by atoms with Crippen LogP contribution >= 0.6 is 0 Å². The van der Waals surface area contributed by atoms with E-state index in [4.69, 9.17) is 24.2 Å². The molecule has 3 aromatic carbocycles. The first-order valence-corrected chi connectivity index (χ1v) is 15.1. The van der Waals surface area contributed by atoms with E-state index >= 15 is 0 Å². The minimum atomic E-state index is -0.757. The Bertz CT molecular complexity index is 1960. The van der Waals surface area contributed by atoms with Crippen LogP contribution in [0.15, 0.2) is 97.2 Å². The van der Waals surface area contributed by atoms with Crippen LogP contribution in [0.3, 0.4) is 0 Å². The first kappa shape index (κ1) is 29.8. The van der Waals surface area contributed by atoms with Gasteiger partial charge in [0.1, 0.15) is 18.2 Å². The lowest BCUT2D eigenvalue weighted by Gasteiger charge is -2.22. The predicted molar refractivity (Wildman–Crippen MR) is 175 cm³/mol. The highest BCUT2D eigenvalue weighted by Gasteiger charge is 2.32. The molecule has 8 nitrogen and oxygen atoms in total. The van der Waals surface area contributed by atoms with E-state index < -0.39 is 5.41 Å². The topological polar surface area (TPSA) is 88.4 Å². The van der Waals surface area contributed by atoms with Crippen molar-refractivity contribution in [2.45, 2.75) is 40.3 Å². The zero-order valence-electron chi connectivity index (χ0n) is 26.0. The molecule has 0 atom stereocenters. The molecule has 45 heavy (non-hydrogen) atoms. The molecule has 0 unspecified atom stereocenters. The van der Waals surface area contributed by atoms with Gasteiger partial charge in [0, 0.05) is 42.2 Å². The minimum absolute atomic E-state index is 0.246. The van der Waals surface area contributed by atoms with Crippen LogP contribution < -0.4 is 9.47 Å². The van der Waals surface area contributed by atoms with Crippen molar-refractivity contribution < 1.29 is 19.0 Å². The summed E-state index contributed by atoms with van der Waals surface area (Å²) in [6.07, 6.45) is 2.23. The number of hydrogen-bond acceptors (Lipinski definition) is 7. The summed E-state index contributed by atoms with van der Waals surface area (Å²) in [5.74, 6) is 1.83. The number of hydrogen-bond donors (Lipinski definition) is 0. The molecule has 0 aliphatic rings. The summed E-state index contributed by atoms with van der Waals surface area (Å²) in [7, 11) is 1.61. The van der Waals surface area contributed by atoms with Crippen LogP contribution in [-0.4, -0.2) is 39.2 Å². The molecule has 6 rings (SSSR count). The van der Waals surface area contributed by atoms with Crippen molar-refractivity contribution in [3.05, 3.63) is 114 Å². The van der Waals surface area contributed by atoms with Gasteiger partial charge in [-0.25, -0.2) is 15.0 Å². The van der Waals surface area contributed by atoms with Crippen molar-refractivity contribution in [2.75, 3.05) is 13.7 Å². The predicted octanol–water partition coefficient (Wildman–Crippen LogP) is 7.41. The fourth-order valence-electron chi connectivity index (χ4n) is 5.40. The van der Waals surface area contributed by atoms with Gasteiger partial charge in [-0.3, -0.25) is 4.79 Å². The summed E-state index contributed by atoms with van der Waals surface area (Å²) < 4.78 is 19.0. The van der Waals surface area contributed by atoms with E-state index in [0.717, 1.165) is 50.1 Å². The summed E-state index contributed by atoms with van der Waals surface area (Å²) in [6, 6.07) is 30.2. The number of imidazole rings is 1. The van der Waals surface area contributed by atoms with Crippen LogP contribution in [0.1, 0.15) is 37.9 Å². The Morgan fingerprint density at radius 2 is 1.73 bits per heavy atom. The fourth-order valence-corrected chi connectivity index (χ4v) is 5.40. The van der Waals surface area contributed by atoms with Crippen LogP contribution in [0.5, 0.6) is 11.6 Å². The van der Waals surface area contributed by atoms with Crippen LogP contribution in [0.2, 0.25) is 0 Å². The lowest BCUT2D eigenvalue weighted by Crippen LogP contribution is -2.30. The number of pyridine rings is 2. The van der Waals surface area contributed by atoms with Gasteiger partial charge in [-0.15, -0.1) is 0 Å². The molecule has 3 aromatic heterocycles. The number of rotatable bonds is 11. The van der Waals surface area contributed by atoms with Crippen molar-refractivity contribution in [3.8, 4) is 22.8 Å². The van der Waals surface area contributed by atoms with Crippen LogP contribution in [0, 0.1) is 5.41 Å². The Balaban J connectivity index is 1.31. The van der Waals surface area contributed by atoms with E-state index in [9.17, 15) is 4.79 Å². The van der Waals surface area contributed by atoms with Gasteiger partial charge in [0.2, 0.25) is 5.88 Å². The lowest BCUT2D eigenvalue weighted by atomic mass is 9.89. The van der Waals surface area contributed by atoms with Crippen LogP contribution in [0.4, 0.5) is 0 Å². The van der Waals surface area contributed by atoms with Crippen molar-refractivity contribution >= 4 is 27.9 Å². The fraction of sp³-hybridized carbons (Fsp3) is 0.243. The molecule has 0 spiro atoms. The molecule has 3 heterocycles. The third-order valence-corrected chi connectivity index (χ3v) is 7.82. The van der Waals surface area contributed by atoms with E-state index in [1.54, 1.807) is 7.11 Å². The zero-order valence-corrected chi connectivity index (χ0v) is 26.0. The molecule has 0 N–H and O–H groups in total. The second-order valence-corrected chi connectivity index (χ2v) is 11.6. The van der Waals surface area contributed by atoms with Gasteiger partial charge in [-0.2, -0.15) is 0 Å². The Kier molecular flexibility index (Phi) is 8.47. The van der Waals surface area contributed by atoms with Crippen LogP contribution in [-0.2, 0) is 29.1 Å². The maximum Gasteiger partial charge on any atom is 0.311 e. The molecule has 0 amide bonds. The normalized spacial score (nSPS) is 11.6. The van der Waals surface area contributed by atoms with Gasteiger partial charge in [0.05, 0.1) is 41.4 Å². The molecule has 0 saturated heterocycles. The third kappa shape index (κ3) is 6.65. The number of esters is 1. The average Bonchev–Trinajstić information content (AvgIpc) is 3.38. The first-order chi connectivity index (χ1) is 21.8. The van der Waals surface area contributed by atoms with E-state index in [0.29, 0.717) is 37.8 Å². The monoisotopic (exact) mass is 600 g/mol. The third-order valence-electron chi connectivity index (χ3n) is 7.82. The Hall–Kier alpha value is -5.24. The minimum Gasteiger partial charge on any atom is -0.487 e. The average molecular weight is 601 g/mol. The number of methoxy groups -OCH3 is 1. The number of carbonyl (C=O) groups excluding carboxylic acids is 1. The molecule has 0 radical (unpaired) electrons. The van der Waals surface area contributed by atoms with Crippen molar-refractivity contribution in [1.29, 1.82) is 0 Å². The maximum absolute atomic E-state index is 12.9. The zero-order chi connectivity index (χ0) is 31.4. The summed E-state index contributed by atoms with van der Waals surface area (Å²) in [4.78, 5) is 27.0. The van der Waals surface area contributed by atoms with Gasteiger partial charge in [0.15, 0.2) is 0 Å². The number of aromatic nitrogens is 4.